The maximum absolute atomic E-state index is 12.6. The molecule has 0 spiro atoms. The van der Waals surface area contributed by atoms with Crippen LogP contribution >= 0.6 is 12.2 Å². The lowest BCUT2D eigenvalue weighted by molar-refractivity contribution is -0.116. The largest absolute Gasteiger partial charge is 0.490 e. The molecule has 170 valence electrons. The lowest BCUT2D eigenvalue weighted by atomic mass is 10.1. The number of aromatic amines is 1. The minimum Gasteiger partial charge on any atom is -0.490 e. The van der Waals surface area contributed by atoms with E-state index >= 15 is 0 Å². The average Bonchev–Trinajstić information content (AvgIpc) is 3.16. The Bertz CT molecular complexity index is 1110. The smallest absolute Gasteiger partial charge is 0.226 e. The number of carbonyl (C=O) groups is 1. The first-order valence-corrected chi connectivity index (χ1v) is 11.3. The average molecular weight is 455 g/mol. The van der Waals surface area contributed by atoms with E-state index in [1.807, 2.05) is 54.8 Å². The molecule has 2 aromatic carbocycles. The minimum absolute atomic E-state index is 0.119. The van der Waals surface area contributed by atoms with Crippen molar-refractivity contribution in [2.45, 2.75) is 46.6 Å². The van der Waals surface area contributed by atoms with Gasteiger partial charge in [0, 0.05) is 30.3 Å². The molecule has 0 saturated heterocycles. The number of carbonyl (C=O) groups excluding carboxylic acids is 1. The van der Waals surface area contributed by atoms with Crippen molar-refractivity contribution in [3.8, 4) is 22.9 Å². The molecule has 3 aromatic rings. The van der Waals surface area contributed by atoms with Crippen molar-refractivity contribution < 1.29 is 14.3 Å². The van der Waals surface area contributed by atoms with Gasteiger partial charge in [0.2, 0.25) is 5.91 Å². The quantitative estimate of drug-likeness (QED) is 0.373. The third-order valence-corrected chi connectivity index (χ3v) is 5.06. The second-order valence-electron chi connectivity index (χ2n) is 7.53. The van der Waals surface area contributed by atoms with Gasteiger partial charge in [0.15, 0.2) is 22.1 Å². The van der Waals surface area contributed by atoms with E-state index in [0.717, 1.165) is 29.8 Å². The molecule has 0 aliphatic rings. The monoisotopic (exact) mass is 454 g/mol. The highest BCUT2D eigenvalue weighted by Gasteiger charge is 2.12. The van der Waals surface area contributed by atoms with Crippen molar-refractivity contribution in [2.24, 2.45) is 0 Å². The Balaban J connectivity index is 1.68. The molecule has 32 heavy (non-hydrogen) atoms. The number of H-pyrrole nitrogens is 1. The van der Waals surface area contributed by atoms with E-state index in [1.54, 1.807) is 6.07 Å². The molecule has 2 N–H and O–H groups in total. The van der Waals surface area contributed by atoms with Crippen molar-refractivity contribution in [1.29, 1.82) is 0 Å². The van der Waals surface area contributed by atoms with Gasteiger partial charge in [-0.1, -0.05) is 37.6 Å². The number of ether oxygens (including phenoxy) is 2. The third kappa shape index (κ3) is 6.20. The summed E-state index contributed by atoms with van der Waals surface area (Å²) < 4.78 is 13.9. The van der Waals surface area contributed by atoms with Gasteiger partial charge in [-0.3, -0.25) is 14.5 Å². The number of nitrogens with one attached hydrogen (secondary N) is 2. The Morgan fingerprint density at radius 1 is 1.09 bits per heavy atom. The fraction of sp³-hybridized carbons (Fsp3) is 0.375. The highest BCUT2D eigenvalue weighted by Crippen LogP contribution is 2.31. The van der Waals surface area contributed by atoms with Crippen LogP contribution in [0.4, 0.5) is 5.69 Å². The van der Waals surface area contributed by atoms with Crippen LogP contribution in [-0.4, -0.2) is 33.9 Å². The zero-order chi connectivity index (χ0) is 22.9. The molecular formula is C24H30N4O3S. The van der Waals surface area contributed by atoms with Crippen molar-refractivity contribution in [1.82, 2.24) is 14.8 Å². The lowest BCUT2D eigenvalue weighted by Crippen LogP contribution is -2.15. The van der Waals surface area contributed by atoms with E-state index < -0.39 is 0 Å². The Hall–Kier alpha value is -3.13. The number of anilines is 1. The standard InChI is InChI=1S/C24H30N4O3S/c1-4-13-30-20-10-9-19(16-21(20)31-14-5-2)25-22(29)11-12-28-23(26-27-24(28)32)18-8-6-7-17(3)15-18/h6-10,15-16H,4-5,11-14H2,1-3H3,(H,25,29)(H,27,32). The molecule has 0 aliphatic carbocycles. The highest BCUT2D eigenvalue weighted by molar-refractivity contribution is 7.71. The summed E-state index contributed by atoms with van der Waals surface area (Å²) in [4.78, 5) is 12.6. The van der Waals surface area contributed by atoms with Gasteiger partial charge < -0.3 is 14.8 Å². The molecule has 1 amide bonds. The minimum atomic E-state index is -0.119. The van der Waals surface area contributed by atoms with Gasteiger partial charge in [-0.05, 0) is 50.2 Å². The fourth-order valence-electron chi connectivity index (χ4n) is 3.21. The van der Waals surface area contributed by atoms with Crippen LogP contribution in [0.3, 0.4) is 0 Å². The van der Waals surface area contributed by atoms with Crippen molar-refractivity contribution in [3.63, 3.8) is 0 Å². The molecular weight excluding hydrogens is 424 g/mol. The van der Waals surface area contributed by atoms with Crippen molar-refractivity contribution in [2.75, 3.05) is 18.5 Å². The number of hydrogen-bond acceptors (Lipinski definition) is 5. The summed E-state index contributed by atoms with van der Waals surface area (Å²) in [7, 11) is 0. The second-order valence-corrected chi connectivity index (χ2v) is 7.92. The Labute approximate surface area is 193 Å². The Kier molecular flexibility index (Phi) is 8.44. The lowest BCUT2D eigenvalue weighted by Gasteiger charge is -2.14. The molecule has 7 nitrogen and oxygen atoms in total. The molecule has 1 aromatic heterocycles. The summed E-state index contributed by atoms with van der Waals surface area (Å²) in [5.74, 6) is 1.92. The molecule has 0 atom stereocenters. The van der Waals surface area contributed by atoms with Crippen LogP contribution in [0.2, 0.25) is 0 Å². The van der Waals surface area contributed by atoms with Crippen LogP contribution in [0.5, 0.6) is 11.5 Å². The number of hydrogen-bond donors (Lipinski definition) is 2. The highest BCUT2D eigenvalue weighted by atomic mass is 32.1. The summed E-state index contributed by atoms with van der Waals surface area (Å²) in [6, 6.07) is 13.5. The molecule has 0 unspecified atom stereocenters. The van der Waals surface area contributed by atoms with Crippen LogP contribution < -0.4 is 14.8 Å². The van der Waals surface area contributed by atoms with E-state index in [0.29, 0.717) is 41.7 Å². The van der Waals surface area contributed by atoms with E-state index in [-0.39, 0.29) is 12.3 Å². The Morgan fingerprint density at radius 2 is 1.84 bits per heavy atom. The fourth-order valence-corrected chi connectivity index (χ4v) is 3.43. The predicted octanol–water partition coefficient (Wildman–Crippen LogP) is 5.52. The zero-order valence-corrected chi connectivity index (χ0v) is 19.6. The maximum atomic E-state index is 12.6. The molecule has 0 fully saturated rings. The topological polar surface area (TPSA) is 81.2 Å². The first kappa shape index (κ1) is 23.5. The van der Waals surface area contributed by atoms with E-state index in [1.165, 1.54) is 0 Å². The van der Waals surface area contributed by atoms with Gasteiger partial charge >= 0.3 is 0 Å². The third-order valence-electron chi connectivity index (χ3n) is 4.75. The molecule has 1 heterocycles. The number of benzene rings is 2. The second kappa shape index (κ2) is 11.5. The summed E-state index contributed by atoms with van der Waals surface area (Å²) in [5, 5.41) is 10.1. The van der Waals surface area contributed by atoms with Gasteiger partial charge in [0.1, 0.15) is 0 Å². The first-order valence-electron chi connectivity index (χ1n) is 10.9. The number of rotatable bonds is 11. The zero-order valence-electron chi connectivity index (χ0n) is 18.8. The van der Waals surface area contributed by atoms with Crippen LogP contribution in [-0.2, 0) is 11.3 Å². The number of nitrogens with zero attached hydrogens (tertiary/aromatic N) is 2. The Morgan fingerprint density at radius 3 is 2.56 bits per heavy atom. The number of aryl methyl sites for hydroxylation is 1. The molecule has 8 heteroatoms. The van der Waals surface area contributed by atoms with Gasteiger partial charge in [-0.25, -0.2) is 0 Å². The maximum Gasteiger partial charge on any atom is 0.226 e. The molecule has 0 radical (unpaired) electrons. The molecule has 3 rings (SSSR count). The van der Waals surface area contributed by atoms with E-state index in [2.05, 4.69) is 22.4 Å². The van der Waals surface area contributed by atoms with Gasteiger partial charge in [0.25, 0.3) is 0 Å². The molecule has 0 aliphatic heterocycles. The summed E-state index contributed by atoms with van der Waals surface area (Å²) in [6.45, 7) is 7.74. The van der Waals surface area contributed by atoms with Crippen LogP contribution in [0.15, 0.2) is 42.5 Å². The first-order chi connectivity index (χ1) is 15.5. The van der Waals surface area contributed by atoms with Gasteiger partial charge in [-0.2, -0.15) is 5.10 Å². The van der Waals surface area contributed by atoms with Crippen LogP contribution in [0.25, 0.3) is 11.4 Å². The number of aromatic nitrogens is 3. The van der Waals surface area contributed by atoms with Crippen LogP contribution in [0, 0.1) is 11.7 Å². The van der Waals surface area contributed by atoms with E-state index in [4.69, 9.17) is 21.7 Å². The van der Waals surface area contributed by atoms with Crippen LogP contribution in [0.1, 0.15) is 38.7 Å². The van der Waals surface area contributed by atoms with Gasteiger partial charge in [0.05, 0.1) is 13.2 Å². The van der Waals surface area contributed by atoms with E-state index in [9.17, 15) is 4.79 Å². The predicted molar refractivity (Wildman–Crippen MR) is 129 cm³/mol. The number of amides is 1. The van der Waals surface area contributed by atoms with Crippen molar-refractivity contribution in [3.05, 3.63) is 52.8 Å². The molecule has 0 bridgehead atoms. The summed E-state index contributed by atoms with van der Waals surface area (Å²) in [5.41, 5.74) is 2.76. The summed E-state index contributed by atoms with van der Waals surface area (Å²) >= 11 is 5.38. The normalized spacial score (nSPS) is 10.7. The molecule has 0 saturated carbocycles. The SMILES string of the molecule is CCCOc1ccc(NC(=O)CCn2c(-c3cccc(C)c3)n[nH]c2=S)cc1OCCC. The van der Waals surface area contributed by atoms with Crippen molar-refractivity contribution >= 4 is 23.8 Å². The summed E-state index contributed by atoms with van der Waals surface area (Å²) in [6.07, 6.45) is 2.05. The van der Waals surface area contributed by atoms with Gasteiger partial charge in [-0.15, -0.1) is 0 Å².